The average molecular weight is 155 g/mol. The fraction of sp³-hybridized carbons (Fsp3) is 0.500. The van der Waals surface area contributed by atoms with Gasteiger partial charge in [0.1, 0.15) is 0 Å². The summed E-state index contributed by atoms with van der Waals surface area (Å²) in [6.07, 6.45) is 2.64. The Hall–Kier alpha value is -0.800. The number of aromatic nitrogens is 1. The summed E-state index contributed by atoms with van der Waals surface area (Å²) in [6.45, 7) is 1.04. The molecule has 3 nitrogen and oxygen atoms in total. The van der Waals surface area contributed by atoms with E-state index in [0.717, 1.165) is 18.7 Å². The minimum absolute atomic E-state index is 0.0679. The molecule has 1 aromatic heterocycles. The molecule has 1 rings (SSSR count). The highest BCUT2D eigenvalue weighted by atomic mass is 16.3. The maximum atomic E-state index is 8.82. The molecule has 0 aliphatic rings. The molecule has 1 heterocycles. The van der Waals surface area contributed by atoms with Gasteiger partial charge in [0.15, 0.2) is 0 Å². The molecule has 0 bridgehead atoms. The van der Waals surface area contributed by atoms with Gasteiger partial charge in [-0.05, 0) is 18.6 Å². The molecule has 0 aliphatic heterocycles. The van der Waals surface area contributed by atoms with Gasteiger partial charge in [0.05, 0.1) is 6.61 Å². The highest BCUT2D eigenvalue weighted by molar-refractivity contribution is 5.05. The maximum Gasteiger partial charge on any atom is 0.0832 e. The third-order valence-corrected chi connectivity index (χ3v) is 1.64. The Kier molecular flexibility index (Phi) is 3.14. The van der Waals surface area contributed by atoms with Crippen molar-refractivity contribution in [2.24, 2.45) is 0 Å². The summed E-state index contributed by atoms with van der Waals surface area (Å²) in [7, 11) is 0. The number of rotatable bonds is 4. The molecule has 2 N–H and O–H groups in total. The Morgan fingerprint density at radius 3 is 2.82 bits per heavy atom. The van der Waals surface area contributed by atoms with E-state index < -0.39 is 0 Å². The number of hydrogen-bond donors (Lipinski definition) is 2. The Morgan fingerprint density at radius 2 is 2.18 bits per heavy atom. The van der Waals surface area contributed by atoms with E-state index in [0.29, 0.717) is 0 Å². The van der Waals surface area contributed by atoms with Crippen LogP contribution in [0.25, 0.3) is 0 Å². The van der Waals surface area contributed by atoms with Crippen LogP contribution in [0.15, 0.2) is 18.3 Å². The number of aliphatic hydroxyl groups excluding tert-OH is 2. The van der Waals surface area contributed by atoms with Gasteiger partial charge in [-0.25, -0.2) is 0 Å². The van der Waals surface area contributed by atoms with Crippen molar-refractivity contribution in [3.05, 3.63) is 24.0 Å². The van der Waals surface area contributed by atoms with Crippen LogP contribution in [0.1, 0.15) is 12.1 Å². The molecule has 62 valence electrons. The molecule has 0 aliphatic carbocycles. The molecular formula is C8H13NO2. The number of aliphatic hydroxyl groups is 2. The SMILES string of the molecule is OCCCn1cccc1CO. The van der Waals surface area contributed by atoms with Gasteiger partial charge in [-0.1, -0.05) is 0 Å². The van der Waals surface area contributed by atoms with Crippen molar-refractivity contribution in [1.82, 2.24) is 4.57 Å². The van der Waals surface area contributed by atoms with Gasteiger partial charge in [0.25, 0.3) is 0 Å². The van der Waals surface area contributed by atoms with Gasteiger partial charge in [-0.15, -0.1) is 0 Å². The molecule has 0 amide bonds. The Balaban J connectivity index is 2.54. The summed E-state index contributed by atoms with van der Waals surface area (Å²) in [5, 5.41) is 17.4. The van der Waals surface area contributed by atoms with Crippen LogP contribution in [0.3, 0.4) is 0 Å². The Labute approximate surface area is 65.9 Å². The first-order valence-corrected chi connectivity index (χ1v) is 3.74. The zero-order valence-corrected chi connectivity index (χ0v) is 6.40. The first-order valence-electron chi connectivity index (χ1n) is 3.74. The quantitative estimate of drug-likeness (QED) is 0.659. The van der Waals surface area contributed by atoms with E-state index in [9.17, 15) is 0 Å². The molecule has 0 atom stereocenters. The predicted octanol–water partition coefficient (Wildman–Crippen LogP) is 0.363. The normalized spacial score (nSPS) is 10.4. The van der Waals surface area contributed by atoms with Crippen molar-refractivity contribution in [3.8, 4) is 0 Å². The molecule has 0 aromatic carbocycles. The second kappa shape index (κ2) is 4.16. The topological polar surface area (TPSA) is 45.4 Å². The van der Waals surface area contributed by atoms with Crippen LogP contribution in [0, 0.1) is 0 Å². The van der Waals surface area contributed by atoms with Gasteiger partial charge in [-0.3, -0.25) is 0 Å². The zero-order chi connectivity index (χ0) is 8.10. The van der Waals surface area contributed by atoms with Gasteiger partial charge >= 0.3 is 0 Å². The van der Waals surface area contributed by atoms with Gasteiger partial charge in [-0.2, -0.15) is 0 Å². The first kappa shape index (κ1) is 8.30. The minimum atomic E-state index is 0.0679. The van der Waals surface area contributed by atoms with E-state index in [-0.39, 0.29) is 13.2 Å². The summed E-state index contributed by atoms with van der Waals surface area (Å²) < 4.78 is 1.94. The second-order valence-corrected chi connectivity index (χ2v) is 2.43. The van der Waals surface area contributed by atoms with Crippen LogP contribution >= 0.6 is 0 Å². The lowest BCUT2D eigenvalue weighted by molar-refractivity contribution is 0.260. The third kappa shape index (κ3) is 2.06. The molecule has 3 heteroatoms. The van der Waals surface area contributed by atoms with Crippen molar-refractivity contribution in [1.29, 1.82) is 0 Å². The Bertz CT molecular complexity index is 208. The number of hydrogen-bond acceptors (Lipinski definition) is 2. The molecular weight excluding hydrogens is 142 g/mol. The van der Waals surface area contributed by atoms with E-state index in [4.69, 9.17) is 10.2 Å². The molecule has 1 aromatic rings. The van der Waals surface area contributed by atoms with Crippen molar-refractivity contribution in [2.45, 2.75) is 19.6 Å². The molecule has 0 fully saturated rings. The fourth-order valence-electron chi connectivity index (χ4n) is 1.05. The highest BCUT2D eigenvalue weighted by Gasteiger charge is 1.96. The lowest BCUT2D eigenvalue weighted by Crippen LogP contribution is -2.02. The molecule has 0 unspecified atom stereocenters. The number of aryl methyl sites for hydroxylation is 1. The van der Waals surface area contributed by atoms with Gasteiger partial charge < -0.3 is 14.8 Å². The van der Waals surface area contributed by atoms with E-state index in [1.807, 2.05) is 22.9 Å². The highest BCUT2D eigenvalue weighted by Crippen LogP contribution is 2.02. The van der Waals surface area contributed by atoms with Crippen LogP contribution in [0.4, 0.5) is 0 Å². The van der Waals surface area contributed by atoms with Crippen molar-refractivity contribution in [2.75, 3.05) is 6.61 Å². The van der Waals surface area contributed by atoms with Crippen molar-refractivity contribution < 1.29 is 10.2 Å². The van der Waals surface area contributed by atoms with Gasteiger partial charge in [0, 0.05) is 25.0 Å². The van der Waals surface area contributed by atoms with E-state index >= 15 is 0 Å². The molecule has 0 saturated carbocycles. The number of nitrogens with zero attached hydrogens (tertiary/aromatic N) is 1. The van der Waals surface area contributed by atoms with E-state index in [1.54, 1.807) is 0 Å². The van der Waals surface area contributed by atoms with Crippen LogP contribution < -0.4 is 0 Å². The lowest BCUT2D eigenvalue weighted by Gasteiger charge is -2.04. The van der Waals surface area contributed by atoms with Crippen LogP contribution in [-0.2, 0) is 13.2 Å². The largest absolute Gasteiger partial charge is 0.396 e. The predicted molar refractivity (Wildman–Crippen MR) is 42.1 cm³/mol. The maximum absolute atomic E-state index is 8.82. The van der Waals surface area contributed by atoms with Crippen LogP contribution in [0.5, 0.6) is 0 Å². The van der Waals surface area contributed by atoms with Gasteiger partial charge in [0.2, 0.25) is 0 Å². The summed E-state index contributed by atoms with van der Waals surface area (Å²) in [5.74, 6) is 0. The van der Waals surface area contributed by atoms with Crippen LogP contribution in [0.2, 0.25) is 0 Å². The molecule has 0 saturated heterocycles. The summed E-state index contributed by atoms with van der Waals surface area (Å²) in [6, 6.07) is 3.76. The third-order valence-electron chi connectivity index (χ3n) is 1.64. The average Bonchev–Trinajstić information content (AvgIpc) is 2.47. The van der Waals surface area contributed by atoms with Crippen molar-refractivity contribution >= 4 is 0 Å². The zero-order valence-electron chi connectivity index (χ0n) is 6.40. The Morgan fingerprint density at radius 1 is 1.36 bits per heavy atom. The van der Waals surface area contributed by atoms with E-state index in [2.05, 4.69) is 0 Å². The standard InChI is InChI=1S/C8H13NO2/c10-6-2-5-9-4-1-3-8(9)7-11/h1,3-4,10-11H,2,5-7H2. The smallest absolute Gasteiger partial charge is 0.0832 e. The second-order valence-electron chi connectivity index (χ2n) is 2.43. The lowest BCUT2D eigenvalue weighted by atomic mass is 10.4. The molecule has 0 radical (unpaired) electrons. The fourth-order valence-corrected chi connectivity index (χ4v) is 1.05. The first-order chi connectivity index (χ1) is 5.38. The van der Waals surface area contributed by atoms with E-state index in [1.165, 1.54) is 0 Å². The molecule has 0 spiro atoms. The van der Waals surface area contributed by atoms with Crippen LogP contribution in [-0.4, -0.2) is 21.4 Å². The summed E-state index contributed by atoms with van der Waals surface area (Å²) in [4.78, 5) is 0. The molecule has 11 heavy (non-hydrogen) atoms. The van der Waals surface area contributed by atoms with Crippen molar-refractivity contribution in [3.63, 3.8) is 0 Å². The summed E-state index contributed by atoms with van der Waals surface area (Å²) in [5.41, 5.74) is 0.901. The minimum Gasteiger partial charge on any atom is -0.396 e. The monoisotopic (exact) mass is 155 g/mol. The summed E-state index contributed by atoms with van der Waals surface area (Å²) >= 11 is 0.